The van der Waals surface area contributed by atoms with Crippen LogP contribution in [0.4, 0.5) is 0 Å². The number of hydrogen-bond donors (Lipinski definition) is 2. The molecule has 0 bridgehead atoms. The van der Waals surface area contributed by atoms with E-state index in [2.05, 4.69) is 32.8 Å². The monoisotopic (exact) mass is 254 g/mol. The Balaban J connectivity index is 2.94. The number of H-pyrrole nitrogens is 1. The van der Waals surface area contributed by atoms with Gasteiger partial charge in [0.15, 0.2) is 0 Å². The van der Waals surface area contributed by atoms with E-state index < -0.39 is 5.91 Å². The van der Waals surface area contributed by atoms with Crippen molar-refractivity contribution >= 4 is 21.8 Å². The Morgan fingerprint density at radius 2 is 2.36 bits per heavy atom. The van der Waals surface area contributed by atoms with Crippen molar-refractivity contribution in [1.82, 2.24) is 4.98 Å². The van der Waals surface area contributed by atoms with Gasteiger partial charge < -0.3 is 10.7 Å². The van der Waals surface area contributed by atoms with Crippen molar-refractivity contribution < 1.29 is 4.79 Å². The van der Waals surface area contributed by atoms with Gasteiger partial charge in [0.2, 0.25) is 5.91 Å². The van der Waals surface area contributed by atoms with E-state index in [9.17, 15) is 9.59 Å². The standard InChI is InChI=1S/C9H7BrN2O2/c10-7-4-6(9(14)12-5-7)2-1-3-8(11)13/h4-5H,3H2,(H2,11,13)(H,12,14). The fourth-order valence-electron chi connectivity index (χ4n) is 0.777. The molecule has 0 saturated carbocycles. The Hall–Kier alpha value is -1.54. The molecule has 0 unspecified atom stereocenters. The average molecular weight is 255 g/mol. The van der Waals surface area contributed by atoms with Crippen LogP contribution in [0.15, 0.2) is 21.5 Å². The first-order chi connectivity index (χ1) is 6.59. The number of amides is 1. The molecule has 0 fully saturated rings. The van der Waals surface area contributed by atoms with Crippen LogP contribution in [0.3, 0.4) is 0 Å². The lowest BCUT2D eigenvalue weighted by Crippen LogP contribution is -2.10. The summed E-state index contributed by atoms with van der Waals surface area (Å²) in [6, 6.07) is 1.58. The fraction of sp³-hybridized carbons (Fsp3) is 0.111. The highest BCUT2D eigenvalue weighted by Gasteiger charge is 1.95. The molecule has 14 heavy (non-hydrogen) atoms. The number of primary amides is 1. The summed E-state index contributed by atoms with van der Waals surface area (Å²) in [5.41, 5.74) is 4.91. The number of carbonyl (C=O) groups is 1. The summed E-state index contributed by atoms with van der Waals surface area (Å²) in [5.74, 6) is 4.55. The lowest BCUT2D eigenvalue weighted by molar-refractivity contribution is -0.117. The van der Waals surface area contributed by atoms with Gasteiger partial charge in [-0.3, -0.25) is 9.59 Å². The van der Waals surface area contributed by atoms with E-state index in [1.807, 2.05) is 0 Å². The second-order valence-electron chi connectivity index (χ2n) is 2.51. The number of pyridine rings is 1. The van der Waals surface area contributed by atoms with E-state index in [4.69, 9.17) is 5.73 Å². The van der Waals surface area contributed by atoms with Gasteiger partial charge in [-0.1, -0.05) is 11.8 Å². The minimum atomic E-state index is -0.510. The summed E-state index contributed by atoms with van der Waals surface area (Å²) >= 11 is 3.19. The summed E-state index contributed by atoms with van der Waals surface area (Å²) in [6.45, 7) is 0. The van der Waals surface area contributed by atoms with Gasteiger partial charge in [-0.25, -0.2) is 0 Å². The van der Waals surface area contributed by atoms with Gasteiger partial charge in [-0.2, -0.15) is 0 Å². The van der Waals surface area contributed by atoms with Crippen molar-refractivity contribution in [2.75, 3.05) is 0 Å². The summed E-state index contributed by atoms with van der Waals surface area (Å²) in [6.07, 6.45) is 1.47. The van der Waals surface area contributed by atoms with Crippen molar-refractivity contribution in [3.63, 3.8) is 0 Å². The predicted molar refractivity (Wildman–Crippen MR) is 55.5 cm³/mol. The van der Waals surface area contributed by atoms with Gasteiger partial charge in [0.1, 0.15) is 0 Å². The number of hydrogen-bond acceptors (Lipinski definition) is 2. The minimum absolute atomic E-state index is 0.0496. The molecule has 0 aliphatic heterocycles. The van der Waals surface area contributed by atoms with Crippen molar-refractivity contribution in [3.05, 3.63) is 32.7 Å². The van der Waals surface area contributed by atoms with Crippen LogP contribution in [0.2, 0.25) is 0 Å². The van der Waals surface area contributed by atoms with E-state index >= 15 is 0 Å². The number of halogens is 1. The van der Waals surface area contributed by atoms with E-state index in [-0.39, 0.29) is 12.0 Å². The van der Waals surface area contributed by atoms with Crippen molar-refractivity contribution in [2.45, 2.75) is 6.42 Å². The van der Waals surface area contributed by atoms with Gasteiger partial charge in [-0.05, 0) is 22.0 Å². The third-order valence-electron chi connectivity index (χ3n) is 1.35. The molecule has 0 radical (unpaired) electrons. The molecule has 1 amide bonds. The lowest BCUT2D eigenvalue weighted by atomic mass is 10.2. The van der Waals surface area contributed by atoms with Crippen molar-refractivity contribution in [3.8, 4) is 11.8 Å². The highest BCUT2D eigenvalue weighted by molar-refractivity contribution is 9.10. The van der Waals surface area contributed by atoms with Crippen molar-refractivity contribution in [1.29, 1.82) is 0 Å². The van der Waals surface area contributed by atoms with Crippen LogP contribution in [0.1, 0.15) is 12.0 Å². The van der Waals surface area contributed by atoms with E-state index in [0.29, 0.717) is 5.56 Å². The Morgan fingerprint density at radius 1 is 1.64 bits per heavy atom. The molecule has 1 aromatic heterocycles. The van der Waals surface area contributed by atoms with E-state index in [1.165, 1.54) is 6.20 Å². The quantitative estimate of drug-likeness (QED) is 0.711. The molecule has 0 aliphatic carbocycles. The number of carbonyl (C=O) groups excluding carboxylic acids is 1. The normalized spacial score (nSPS) is 8.93. The van der Waals surface area contributed by atoms with Gasteiger partial charge in [0.25, 0.3) is 5.56 Å². The zero-order valence-corrected chi connectivity index (χ0v) is 8.72. The van der Waals surface area contributed by atoms with E-state index in [0.717, 1.165) is 4.47 Å². The SMILES string of the molecule is NC(=O)CC#Cc1cc(Br)c[nH]c1=O. The van der Waals surface area contributed by atoms with Crippen LogP contribution in [0.5, 0.6) is 0 Å². The third kappa shape index (κ3) is 3.07. The van der Waals surface area contributed by atoms with Crippen LogP contribution in [-0.4, -0.2) is 10.9 Å². The summed E-state index contributed by atoms with van der Waals surface area (Å²) in [5, 5.41) is 0. The first-order valence-electron chi connectivity index (χ1n) is 3.75. The molecular formula is C9H7BrN2O2. The first-order valence-corrected chi connectivity index (χ1v) is 4.54. The summed E-state index contributed by atoms with van der Waals surface area (Å²) in [4.78, 5) is 24.0. The number of nitrogens with one attached hydrogen (secondary N) is 1. The molecule has 0 aromatic carbocycles. The molecule has 0 atom stereocenters. The molecule has 4 nitrogen and oxygen atoms in total. The van der Waals surface area contributed by atoms with Crippen LogP contribution in [0.25, 0.3) is 0 Å². The summed E-state index contributed by atoms with van der Waals surface area (Å²) < 4.78 is 0.723. The van der Waals surface area contributed by atoms with Crippen LogP contribution in [0, 0.1) is 11.8 Å². The molecule has 5 heteroatoms. The molecule has 0 saturated heterocycles. The van der Waals surface area contributed by atoms with Crippen LogP contribution < -0.4 is 11.3 Å². The highest BCUT2D eigenvalue weighted by Crippen LogP contribution is 2.05. The number of aromatic nitrogens is 1. The van der Waals surface area contributed by atoms with Crippen LogP contribution >= 0.6 is 15.9 Å². The van der Waals surface area contributed by atoms with Gasteiger partial charge >= 0.3 is 0 Å². The third-order valence-corrected chi connectivity index (χ3v) is 1.81. The van der Waals surface area contributed by atoms with Gasteiger partial charge in [0, 0.05) is 10.7 Å². The topological polar surface area (TPSA) is 76.0 Å². The number of aromatic amines is 1. The molecule has 3 N–H and O–H groups in total. The number of nitrogens with two attached hydrogens (primary N) is 1. The molecular weight excluding hydrogens is 248 g/mol. The minimum Gasteiger partial charge on any atom is -0.369 e. The van der Waals surface area contributed by atoms with Gasteiger partial charge in [0.05, 0.1) is 12.0 Å². The Bertz CT molecular complexity index is 468. The molecule has 0 aliphatic rings. The maximum atomic E-state index is 11.2. The average Bonchev–Trinajstić information content (AvgIpc) is 2.10. The fourth-order valence-corrected chi connectivity index (χ4v) is 1.12. The molecule has 1 heterocycles. The zero-order valence-electron chi connectivity index (χ0n) is 7.13. The molecule has 1 rings (SSSR count). The smallest absolute Gasteiger partial charge is 0.263 e. The van der Waals surface area contributed by atoms with Crippen LogP contribution in [-0.2, 0) is 4.79 Å². The summed E-state index contributed by atoms with van der Waals surface area (Å²) in [7, 11) is 0. The highest BCUT2D eigenvalue weighted by atomic mass is 79.9. The zero-order chi connectivity index (χ0) is 10.6. The molecule has 0 spiro atoms. The molecule has 72 valence electrons. The predicted octanol–water partition coefficient (Wildman–Crippen LogP) is 0.364. The lowest BCUT2D eigenvalue weighted by Gasteiger charge is -1.90. The Kier molecular flexibility index (Phi) is 3.48. The largest absolute Gasteiger partial charge is 0.369 e. The molecule has 1 aromatic rings. The Morgan fingerprint density at radius 3 is 3.00 bits per heavy atom. The second kappa shape index (κ2) is 4.63. The van der Waals surface area contributed by atoms with Crippen molar-refractivity contribution in [2.24, 2.45) is 5.73 Å². The second-order valence-corrected chi connectivity index (χ2v) is 3.42. The maximum Gasteiger partial charge on any atom is 0.263 e. The Labute approximate surface area is 88.6 Å². The van der Waals surface area contributed by atoms with E-state index in [1.54, 1.807) is 6.07 Å². The van der Waals surface area contributed by atoms with Gasteiger partial charge in [-0.15, -0.1) is 0 Å². The maximum absolute atomic E-state index is 11.2. The first kappa shape index (κ1) is 10.5. The number of rotatable bonds is 1.